The van der Waals surface area contributed by atoms with Crippen LogP contribution in [-0.2, 0) is 25.5 Å². The van der Waals surface area contributed by atoms with E-state index in [-0.39, 0.29) is 31.0 Å². The van der Waals surface area contributed by atoms with Gasteiger partial charge in [0.05, 0.1) is 25.7 Å². The third-order valence-electron chi connectivity index (χ3n) is 8.92. The number of esters is 2. The molecule has 0 aliphatic heterocycles. The number of hydrogen-bond acceptors (Lipinski definition) is 8. The van der Waals surface area contributed by atoms with Crippen molar-refractivity contribution in [1.82, 2.24) is 19.9 Å². The second-order valence-corrected chi connectivity index (χ2v) is 13.5. The zero-order valence-electron chi connectivity index (χ0n) is 29.4. The number of nitrogens with two attached hydrogens (primary N) is 1. The summed E-state index contributed by atoms with van der Waals surface area (Å²) >= 11 is 0. The molecule has 0 fully saturated rings. The number of unbranched alkanes of at least 4 members (excludes halogenated alkanes) is 18. The van der Waals surface area contributed by atoms with Gasteiger partial charge in [-0.2, -0.15) is 0 Å². The van der Waals surface area contributed by atoms with Gasteiger partial charge in [0.25, 0.3) is 0 Å². The van der Waals surface area contributed by atoms with Crippen LogP contribution in [0.5, 0.6) is 0 Å². The first-order valence-electron chi connectivity index (χ1n) is 18.6. The minimum absolute atomic E-state index is 0.0126. The Bertz CT molecular complexity index is 1060. The van der Waals surface area contributed by atoms with Crippen LogP contribution in [0.2, 0.25) is 0 Å². The molecule has 9 heteroatoms. The summed E-state index contributed by atoms with van der Waals surface area (Å²) in [5, 5.41) is 0. The Morgan fingerprint density at radius 1 is 0.783 bits per heavy atom. The normalized spacial score (nSPS) is 12.9. The van der Waals surface area contributed by atoms with Crippen molar-refractivity contribution in [3.8, 4) is 0 Å². The number of aromatic nitrogens is 4. The van der Waals surface area contributed by atoms with E-state index >= 15 is 0 Å². The number of hydrogen-bond donors (Lipinski definition) is 2. The fourth-order valence-electron chi connectivity index (χ4n) is 5.70. The van der Waals surface area contributed by atoms with E-state index < -0.39 is 12.0 Å². The van der Waals surface area contributed by atoms with Gasteiger partial charge >= 0.3 is 11.9 Å². The van der Waals surface area contributed by atoms with Gasteiger partial charge < -0.3 is 20.2 Å². The van der Waals surface area contributed by atoms with Crippen molar-refractivity contribution >= 4 is 23.1 Å². The van der Waals surface area contributed by atoms with E-state index in [9.17, 15) is 9.59 Å². The minimum Gasteiger partial charge on any atom is -0.466 e. The van der Waals surface area contributed by atoms with Crippen molar-refractivity contribution in [2.75, 3.05) is 13.2 Å². The van der Waals surface area contributed by atoms with Gasteiger partial charge in [-0.05, 0) is 18.8 Å². The summed E-state index contributed by atoms with van der Waals surface area (Å²) in [5.74, 6) is -0.109. The highest BCUT2D eigenvalue weighted by molar-refractivity contribution is 5.75. The van der Waals surface area contributed by atoms with Gasteiger partial charge in [0.2, 0.25) is 0 Å². The molecule has 2 aromatic heterocycles. The fourth-order valence-corrected chi connectivity index (χ4v) is 5.70. The summed E-state index contributed by atoms with van der Waals surface area (Å²) in [6.07, 6.45) is 30.0. The lowest BCUT2D eigenvalue weighted by Crippen LogP contribution is -2.38. The number of H-pyrrole nitrogens is 1. The van der Waals surface area contributed by atoms with E-state index in [0.717, 1.165) is 18.4 Å². The Kier molecular flexibility index (Phi) is 22.0. The number of fused-ring (bicyclic) bond motifs is 1. The lowest BCUT2D eigenvalue weighted by Gasteiger charge is -2.19. The molecule has 2 heterocycles. The highest BCUT2D eigenvalue weighted by Gasteiger charge is 2.22. The molecule has 3 N–H and O–H groups in total. The Balaban J connectivity index is 1.49. The van der Waals surface area contributed by atoms with Crippen molar-refractivity contribution in [3.05, 3.63) is 18.3 Å². The molecule has 0 aliphatic rings. The number of nitrogens with zero attached hydrogens (tertiary/aromatic N) is 3. The molecule has 0 saturated heterocycles. The van der Waals surface area contributed by atoms with Crippen LogP contribution in [-0.4, -0.2) is 51.1 Å². The second-order valence-electron chi connectivity index (χ2n) is 13.5. The second kappa shape index (κ2) is 25.5. The molecule has 0 saturated carbocycles. The predicted molar refractivity (Wildman–Crippen MR) is 186 cm³/mol. The maximum absolute atomic E-state index is 12.4. The van der Waals surface area contributed by atoms with Crippen LogP contribution >= 0.6 is 0 Å². The van der Waals surface area contributed by atoms with Crippen molar-refractivity contribution in [3.63, 3.8) is 0 Å². The van der Waals surface area contributed by atoms with Crippen LogP contribution in [0.1, 0.15) is 161 Å². The number of nitrogens with one attached hydrogen (secondary N) is 1. The molecule has 262 valence electrons. The van der Waals surface area contributed by atoms with Gasteiger partial charge in [-0.3, -0.25) is 9.59 Å². The fraction of sp³-hybridized carbons (Fsp3) is 0.811. The third kappa shape index (κ3) is 18.6. The third-order valence-corrected chi connectivity index (χ3v) is 8.92. The first kappa shape index (κ1) is 39.6. The molecule has 9 nitrogen and oxygen atoms in total. The molecule has 0 aromatic carbocycles. The maximum atomic E-state index is 12.4. The number of aromatic amines is 1. The van der Waals surface area contributed by atoms with E-state index in [0.29, 0.717) is 30.7 Å². The lowest BCUT2D eigenvalue weighted by atomic mass is 10.0. The van der Waals surface area contributed by atoms with Gasteiger partial charge in [-0.1, -0.05) is 136 Å². The molecule has 2 aromatic rings. The Morgan fingerprint density at radius 2 is 1.33 bits per heavy atom. The van der Waals surface area contributed by atoms with Crippen LogP contribution in [0.3, 0.4) is 0 Å². The molecular formula is C37H65N5O4. The van der Waals surface area contributed by atoms with E-state index in [1.807, 2.05) is 13.8 Å². The van der Waals surface area contributed by atoms with Gasteiger partial charge in [-0.15, -0.1) is 0 Å². The largest absolute Gasteiger partial charge is 0.466 e. The van der Waals surface area contributed by atoms with Crippen molar-refractivity contribution in [1.29, 1.82) is 0 Å². The van der Waals surface area contributed by atoms with Crippen LogP contribution in [0.4, 0.5) is 0 Å². The van der Waals surface area contributed by atoms with Crippen LogP contribution in [0.25, 0.3) is 11.2 Å². The average molecular weight is 644 g/mol. The Labute approximate surface area is 279 Å². The van der Waals surface area contributed by atoms with Crippen LogP contribution in [0, 0.1) is 11.8 Å². The molecule has 0 amide bonds. The maximum Gasteiger partial charge on any atom is 0.323 e. The first-order chi connectivity index (χ1) is 22.4. The van der Waals surface area contributed by atoms with E-state index in [1.54, 1.807) is 12.5 Å². The molecule has 0 spiro atoms. The van der Waals surface area contributed by atoms with Crippen molar-refractivity contribution < 1.29 is 19.1 Å². The quantitative estimate of drug-likeness (QED) is 0.0664. The van der Waals surface area contributed by atoms with Gasteiger partial charge in [0.15, 0.2) is 5.65 Å². The minimum atomic E-state index is -0.672. The van der Waals surface area contributed by atoms with Crippen LogP contribution < -0.4 is 5.73 Å². The summed E-state index contributed by atoms with van der Waals surface area (Å²) in [5.41, 5.74) is 7.30. The van der Waals surface area contributed by atoms with Gasteiger partial charge in [-0.25, -0.2) is 15.0 Å². The number of rotatable bonds is 29. The number of ether oxygens (including phenoxy) is 2. The molecular weight excluding hydrogens is 578 g/mol. The standard InChI is InChI=1S/C37H65N5O4/c1-4-5-6-7-8-9-10-11-12-13-14-15-16-17-18-19-20-21-22-23-34(43)45-25-24-31(28-46-37(44)35(38)30(2)3)26-33-39-27-32-36(42-33)41-29-40-32/h27,29-31,35H,4-26,28,38H2,1-3H3,(H,39,40,41,42)/t31?,35-/m0/s1. The number of carbonyl (C=O) groups is 2. The summed E-state index contributed by atoms with van der Waals surface area (Å²) in [7, 11) is 0. The molecule has 1 unspecified atom stereocenters. The van der Waals surface area contributed by atoms with Gasteiger partial charge in [0.1, 0.15) is 17.4 Å². The smallest absolute Gasteiger partial charge is 0.323 e. The average Bonchev–Trinajstić information content (AvgIpc) is 3.52. The number of imidazole rings is 1. The molecule has 2 rings (SSSR count). The Hall–Kier alpha value is -2.55. The summed E-state index contributed by atoms with van der Waals surface area (Å²) in [6, 6.07) is -0.672. The van der Waals surface area contributed by atoms with Gasteiger partial charge in [0, 0.05) is 18.8 Å². The lowest BCUT2D eigenvalue weighted by molar-refractivity contribution is -0.149. The molecule has 0 aliphatic carbocycles. The molecule has 46 heavy (non-hydrogen) atoms. The van der Waals surface area contributed by atoms with Crippen molar-refractivity contribution in [2.45, 2.75) is 168 Å². The summed E-state index contributed by atoms with van der Waals surface area (Å²) in [6.45, 7) is 6.48. The zero-order chi connectivity index (χ0) is 33.2. The van der Waals surface area contributed by atoms with Crippen molar-refractivity contribution in [2.24, 2.45) is 17.6 Å². The zero-order valence-corrected chi connectivity index (χ0v) is 29.4. The SMILES string of the molecule is CCCCCCCCCCCCCCCCCCCCCC(=O)OCCC(COC(=O)[C@@H](N)C(C)C)Cc1ncc2[nH]cnc2n1. The predicted octanol–water partition coefficient (Wildman–Crippen LogP) is 8.79. The molecule has 0 bridgehead atoms. The monoisotopic (exact) mass is 644 g/mol. The summed E-state index contributed by atoms with van der Waals surface area (Å²) < 4.78 is 11.1. The van der Waals surface area contributed by atoms with E-state index in [4.69, 9.17) is 15.2 Å². The number of carbonyl (C=O) groups excluding carboxylic acids is 2. The Morgan fingerprint density at radius 3 is 1.87 bits per heavy atom. The highest BCUT2D eigenvalue weighted by atomic mass is 16.5. The molecule has 2 atom stereocenters. The summed E-state index contributed by atoms with van der Waals surface area (Å²) in [4.78, 5) is 40.8. The topological polar surface area (TPSA) is 133 Å². The first-order valence-corrected chi connectivity index (χ1v) is 18.6. The van der Waals surface area contributed by atoms with E-state index in [2.05, 4.69) is 26.9 Å². The highest BCUT2D eigenvalue weighted by Crippen LogP contribution is 2.17. The molecule has 0 radical (unpaired) electrons. The van der Waals surface area contributed by atoms with Crippen LogP contribution in [0.15, 0.2) is 12.5 Å². The van der Waals surface area contributed by atoms with E-state index in [1.165, 1.54) is 109 Å².